The zero-order valence-electron chi connectivity index (χ0n) is 16.3. The zero-order valence-corrected chi connectivity index (χ0v) is 16.3. The maximum absolute atomic E-state index is 14.2. The van der Waals surface area contributed by atoms with Crippen LogP contribution >= 0.6 is 0 Å². The normalized spacial score (nSPS) is 12.5. The van der Waals surface area contributed by atoms with Crippen molar-refractivity contribution in [2.45, 2.75) is 12.1 Å². The van der Waals surface area contributed by atoms with Crippen molar-refractivity contribution >= 4 is 10.8 Å². The average molecular weight is 407 g/mol. The number of hydrogen-bond acceptors (Lipinski definition) is 5. The van der Waals surface area contributed by atoms with Gasteiger partial charge in [0, 0.05) is 11.6 Å². The summed E-state index contributed by atoms with van der Waals surface area (Å²) in [6.07, 6.45) is -3.24. The van der Waals surface area contributed by atoms with Crippen LogP contribution in [-0.2, 0) is 0 Å². The summed E-state index contributed by atoms with van der Waals surface area (Å²) in [5.41, 5.74) is -0.145. The monoisotopic (exact) mass is 407 g/mol. The van der Waals surface area contributed by atoms with Crippen molar-refractivity contribution in [2.24, 2.45) is 0 Å². The maximum Gasteiger partial charge on any atom is 0.401 e. The number of fused-ring (bicyclic) bond motifs is 1. The molecule has 0 N–H and O–H groups in total. The van der Waals surface area contributed by atoms with Gasteiger partial charge in [-0.05, 0) is 41.3 Å². The van der Waals surface area contributed by atoms with Crippen LogP contribution in [0, 0.1) is 0 Å². The first-order chi connectivity index (χ1) is 13.8. The Balaban J connectivity index is 2.27. The highest BCUT2D eigenvalue weighted by molar-refractivity contribution is 5.88. The first kappa shape index (κ1) is 20.6. The van der Waals surface area contributed by atoms with Crippen LogP contribution in [0.3, 0.4) is 0 Å². The predicted octanol–water partition coefficient (Wildman–Crippen LogP) is 4.96. The Morgan fingerprint density at radius 1 is 0.759 bits per heavy atom. The van der Waals surface area contributed by atoms with Gasteiger partial charge >= 0.3 is 6.18 Å². The third kappa shape index (κ3) is 3.87. The Morgan fingerprint density at radius 3 is 1.93 bits per heavy atom. The van der Waals surface area contributed by atoms with Gasteiger partial charge in [-0.15, -0.1) is 0 Å². The van der Waals surface area contributed by atoms with E-state index in [9.17, 15) is 13.2 Å². The Labute approximate surface area is 166 Å². The highest BCUT2D eigenvalue weighted by Gasteiger charge is 2.44. The van der Waals surface area contributed by atoms with Gasteiger partial charge in [-0.1, -0.05) is 6.07 Å². The molecule has 0 aliphatic heterocycles. The standard InChI is InChI=1S/C21H20F3NO4/c1-26-15-6-5-13(10-16(15)27-2)19(21(22,23)24)20-14-11-18(29-4)17(28-3)9-12(14)7-8-25-20/h5-11,19H,1-4H3. The van der Waals surface area contributed by atoms with Gasteiger partial charge in [-0.3, -0.25) is 4.98 Å². The van der Waals surface area contributed by atoms with E-state index in [1.165, 1.54) is 58.9 Å². The van der Waals surface area contributed by atoms with Gasteiger partial charge in [0.1, 0.15) is 5.92 Å². The van der Waals surface area contributed by atoms with Crippen LogP contribution in [0.25, 0.3) is 10.8 Å². The van der Waals surface area contributed by atoms with E-state index in [-0.39, 0.29) is 17.0 Å². The molecule has 0 aliphatic carbocycles. The second-order valence-electron chi connectivity index (χ2n) is 6.21. The summed E-state index contributed by atoms with van der Waals surface area (Å²) in [6, 6.07) is 8.89. The Kier molecular flexibility index (Phi) is 5.72. The minimum atomic E-state index is -4.59. The largest absolute Gasteiger partial charge is 0.493 e. The molecule has 1 aromatic heterocycles. The quantitative estimate of drug-likeness (QED) is 0.578. The molecule has 154 valence electrons. The molecule has 29 heavy (non-hydrogen) atoms. The molecule has 0 spiro atoms. The molecule has 5 nitrogen and oxygen atoms in total. The lowest BCUT2D eigenvalue weighted by atomic mass is 9.91. The summed E-state index contributed by atoms with van der Waals surface area (Å²) in [5, 5.41) is 0.879. The number of hydrogen-bond donors (Lipinski definition) is 0. The summed E-state index contributed by atoms with van der Waals surface area (Å²) in [4.78, 5) is 4.09. The number of halogens is 3. The van der Waals surface area contributed by atoms with Gasteiger partial charge in [-0.25, -0.2) is 0 Å². The van der Waals surface area contributed by atoms with Crippen molar-refractivity contribution in [1.29, 1.82) is 0 Å². The summed E-state index contributed by atoms with van der Waals surface area (Å²) >= 11 is 0. The maximum atomic E-state index is 14.2. The fraction of sp³-hybridized carbons (Fsp3) is 0.286. The van der Waals surface area contributed by atoms with E-state index in [0.717, 1.165) is 0 Å². The van der Waals surface area contributed by atoms with Crippen molar-refractivity contribution in [2.75, 3.05) is 28.4 Å². The molecule has 8 heteroatoms. The van der Waals surface area contributed by atoms with Gasteiger partial charge in [0.25, 0.3) is 0 Å². The number of aromatic nitrogens is 1. The van der Waals surface area contributed by atoms with Crippen LogP contribution in [0.15, 0.2) is 42.6 Å². The number of benzene rings is 2. The number of alkyl halides is 3. The van der Waals surface area contributed by atoms with Crippen LogP contribution in [0.4, 0.5) is 13.2 Å². The van der Waals surface area contributed by atoms with Gasteiger partial charge < -0.3 is 18.9 Å². The van der Waals surface area contributed by atoms with Crippen LogP contribution in [0.2, 0.25) is 0 Å². The number of methoxy groups -OCH3 is 4. The number of ether oxygens (including phenoxy) is 4. The fourth-order valence-corrected chi connectivity index (χ4v) is 3.29. The van der Waals surface area contributed by atoms with Crippen LogP contribution in [-0.4, -0.2) is 39.6 Å². The third-order valence-electron chi connectivity index (χ3n) is 4.64. The first-order valence-electron chi connectivity index (χ1n) is 8.63. The molecule has 2 aromatic carbocycles. The van der Waals surface area contributed by atoms with Crippen LogP contribution in [0.1, 0.15) is 17.2 Å². The molecule has 3 aromatic rings. The molecule has 0 saturated carbocycles. The van der Waals surface area contributed by atoms with Crippen molar-refractivity contribution in [3.05, 3.63) is 53.9 Å². The minimum Gasteiger partial charge on any atom is -0.493 e. The van der Waals surface area contributed by atoms with E-state index in [0.29, 0.717) is 28.0 Å². The molecule has 0 saturated heterocycles. The first-order valence-corrected chi connectivity index (χ1v) is 8.63. The van der Waals surface area contributed by atoms with Gasteiger partial charge in [0.15, 0.2) is 23.0 Å². The third-order valence-corrected chi connectivity index (χ3v) is 4.64. The molecule has 0 fully saturated rings. The Morgan fingerprint density at radius 2 is 1.34 bits per heavy atom. The molecule has 0 bridgehead atoms. The van der Waals surface area contributed by atoms with E-state index in [1.807, 2.05) is 0 Å². The molecular weight excluding hydrogens is 387 g/mol. The topological polar surface area (TPSA) is 49.8 Å². The summed E-state index contributed by atoms with van der Waals surface area (Å²) < 4.78 is 63.4. The second kappa shape index (κ2) is 8.06. The van der Waals surface area contributed by atoms with Crippen molar-refractivity contribution in [1.82, 2.24) is 4.98 Å². The molecule has 0 radical (unpaired) electrons. The smallest absolute Gasteiger partial charge is 0.401 e. The summed E-state index contributed by atoms with van der Waals surface area (Å²) in [6.45, 7) is 0. The highest BCUT2D eigenvalue weighted by atomic mass is 19.4. The van der Waals surface area contributed by atoms with Gasteiger partial charge in [-0.2, -0.15) is 13.2 Å². The Bertz CT molecular complexity index is 1020. The van der Waals surface area contributed by atoms with Crippen molar-refractivity contribution < 1.29 is 32.1 Å². The van der Waals surface area contributed by atoms with E-state index in [2.05, 4.69) is 4.98 Å². The zero-order chi connectivity index (χ0) is 21.2. The van der Waals surface area contributed by atoms with E-state index < -0.39 is 12.1 Å². The number of nitrogens with zero attached hydrogens (tertiary/aromatic N) is 1. The van der Waals surface area contributed by atoms with Crippen LogP contribution in [0.5, 0.6) is 23.0 Å². The van der Waals surface area contributed by atoms with Gasteiger partial charge in [0.2, 0.25) is 0 Å². The average Bonchev–Trinajstić information content (AvgIpc) is 2.71. The lowest BCUT2D eigenvalue weighted by Gasteiger charge is -2.23. The van der Waals surface area contributed by atoms with Gasteiger partial charge in [0.05, 0.1) is 34.1 Å². The summed E-state index contributed by atoms with van der Waals surface area (Å²) in [5.74, 6) is -0.674. The fourth-order valence-electron chi connectivity index (χ4n) is 3.29. The van der Waals surface area contributed by atoms with Crippen LogP contribution < -0.4 is 18.9 Å². The minimum absolute atomic E-state index is 0.00932. The van der Waals surface area contributed by atoms with Crippen molar-refractivity contribution in [3.63, 3.8) is 0 Å². The summed E-state index contributed by atoms with van der Waals surface area (Å²) in [7, 11) is 5.69. The molecule has 1 atom stereocenters. The molecule has 1 heterocycles. The number of rotatable bonds is 6. The number of pyridine rings is 1. The lowest BCUT2D eigenvalue weighted by Crippen LogP contribution is -2.23. The molecule has 1 unspecified atom stereocenters. The Hall–Kier alpha value is -3.16. The van der Waals surface area contributed by atoms with E-state index in [1.54, 1.807) is 12.1 Å². The highest BCUT2D eigenvalue weighted by Crippen LogP contribution is 2.45. The predicted molar refractivity (Wildman–Crippen MR) is 102 cm³/mol. The van der Waals surface area contributed by atoms with Crippen molar-refractivity contribution in [3.8, 4) is 23.0 Å². The lowest BCUT2D eigenvalue weighted by molar-refractivity contribution is -0.141. The molecule has 3 rings (SSSR count). The second-order valence-corrected chi connectivity index (χ2v) is 6.21. The van der Waals surface area contributed by atoms with E-state index in [4.69, 9.17) is 18.9 Å². The SMILES string of the molecule is COc1ccc(C(c2nccc3cc(OC)c(OC)cc23)C(F)(F)F)cc1OC. The molecule has 0 aliphatic rings. The van der Waals surface area contributed by atoms with E-state index >= 15 is 0 Å². The molecular formula is C21H20F3NO4. The molecule has 0 amide bonds.